The fourth-order valence-corrected chi connectivity index (χ4v) is 3.56. The number of carbonyl (C=O) groups excluding carboxylic acids is 1. The molecule has 0 atom stereocenters. The normalized spacial score (nSPS) is 14.4. The summed E-state index contributed by atoms with van der Waals surface area (Å²) in [6.07, 6.45) is 0. The maximum Gasteiger partial charge on any atom is 0.270 e. The van der Waals surface area contributed by atoms with Crippen LogP contribution < -0.4 is 14.4 Å². The van der Waals surface area contributed by atoms with Crippen molar-refractivity contribution in [2.75, 3.05) is 45.3 Å². The third-order valence-corrected chi connectivity index (χ3v) is 5.05. The Balaban J connectivity index is 1.46. The van der Waals surface area contributed by atoms with Crippen molar-refractivity contribution in [2.24, 2.45) is 0 Å². The van der Waals surface area contributed by atoms with E-state index in [-0.39, 0.29) is 5.91 Å². The highest BCUT2D eigenvalue weighted by Crippen LogP contribution is 2.32. The van der Waals surface area contributed by atoms with Crippen LogP contribution in [0.1, 0.15) is 10.5 Å². The van der Waals surface area contributed by atoms with Crippen LogP contribution in [0.5, 0.6) is 11.5 Å². The number of fused-ring (bicyclic) bond motifs is 1. The number of aromatic amines is 1. The molecule has 6 nitrogen and oxygen atoms in total. The van der Waals surface area contributed by atoms with Crippen LogP contribution in [-0.2, 0) is 0 Å². The molecular formula is C21H23N3O3. The Kier molecular flexibility index (Phi) is 4.62. The smallest absolute Gasteiger partial charge is 0.270 e. The van der Waals surface area contributed by atoms with E-state index in [1.165, 1.54) is 0 Å². The van der Waals surface area contributed by atoms with Gasteiger partial charge in [-0.3, -0.25) is 4.79 Å². The molecule has 140 valence electrons. The molecule has 1 N–H and O–H groups in total. The SMILES string of the molecule is COc1ccc(N2CCN(C(=O)c3cc4ccccc4[nH]3)CC2)c(OC)c1. The monoisotopic (exact) mass is 365 g/mol. The van der Waals surface area contributed by atoms with Crippen molar-refractivity contribution in [3.63, 3.8) is 0 Å². The Bertz CT molecular complexity index is 925. The van der Waals surface area contributed by atoms with Crippen LogP contribution in [0.25, 0.3) is 10.9 Å². The Morgan fingerprint density at radius 1 is 0.963 bits per heavy atom. The Morgan fingerprint density at radius 3 is 2.44 bits per heavy atom. The van der Waals surface area contributed by atoms with Gasteiger partial charge in [-0.05, 0) is 24.3 Å². The zero-order valence-electron chi connectivity index (χ0n) is 15.6. The number of carbonyl (C=O) groups is 1. The van der Waals surface area contributed by atoms with Gasteiger partial charge < -0.3 is 24.3 Å². The van der Waals surface area contributed by atoms with Crippen LogP contribution in [0, 0.1) is 0 Å². The van der Waals surface area contributed by atoms with Crippen molar-refractivity contribution < 1.29 is 14.3 Å². The van der Waals surface area contributed by atoms with Gasteiger partial charge in [0.1, 0.15) is 17.2 Å². The van der Waals surface area contributed by atoms with E-state index in [9.17, 15) is 4.79 Å². The summed E-state index contributed by atoms with van der Waals surface area (Å²) in [4.78, 5) is 20.2. The summed E-state index contributed by atoms with van der Waals surface area (Å²) in [5, 5.41) is 1.06. The standard InChI is InChI=1S/C21H23N3O3/c1-26-16-7-8-19(20(14-16)27-2)23-9-11-24(12-10-23)21(25)18-13-15-5-3-4-6-17(15)22-18/h3-8,13-14,22H,9-12H2,1-2H3. The summed E-state index contributed by atoms with van der Waals surface area (Å²) < 4.78 is 10.8. The first-order valence-corrected chi connectivity index (χ1v) is 9.03. The second kappa shape index (κ2) is 7.23. The average molecular weight is 365 g/mol. The van der Waals surface area contributed by atoms with Crippen molar-refractivity contribution in [3.8, 4) is 11.5 Å². The number of hydrogen-bond donors (Lipinski definition) is 1. The minimum Gasteiger partial charge on any atom is -0.497 e. The number of para-hydroxylation sites is 1. The largest absolute Gasteiger partial charge is 0.497 e. The van der Waals surface area contributed by atoms with E-state index in [1.54, 1.807) is 14.2 Å². The molecule has 3 aromatic rings. The fraction of sp³-hybridized carbons (Fsp3) is 0.286. The highest BCUT2D eigenvalue weighted by Gasteiger charge is 2.25. The molecule has 2 aromatic carbocycles. The number of aromatic nitrogens is 1. The second-order valence-corrected chi connectivity index (χ2v) is 6.59. The average Bonchev–Trinajstić information content (AvgIpc) is 3.17. The molecule has 1 saturated heterocycles. The number of methoxy groups -OCH3 is 2. The first kappa shape index (κ1) is 17.3. The molecule has 0 aliphatic carbocycles. The molecular weight excluding hydrogens is 342 g/mol. The van der Waals surface area contributed by atoms with Crippen molar-refractivity contribution in [1.29, 1.82) is 0 Å². The van der Waals surface area contributed by atoms with E-state index in [0.29, 0.717) is 18.8 Å². The third kappa shape index (κ3) is 3.30. The highest BCUT2D eigenvalue weighted by atomic mass is 16.5. The lowest BCUT2D eigenvalue weighted by molar-refractivity contribution is 0.0742. The quantitative estimate of drug-likeness (QED) is 0.772. The van der Waals surface area contributed by atoms with Crippen LogP contribution in [0.15, 0.2) is 48.5 Å². The van der Waals surface area contributed by atoms with Gasteiger partial charge in [0.15, 0.2) is 0 Å². The van der Waals surface area contributed by atoms with Gasteiger partial charge in [-0.1, -0.05) is 18.2 Å². The summed E-state index contributed by atoms with van der Waals surface area (Å²) in [6, 6.07) is 15.7. The molecule has 2 heterocycles. The predicted octanol–water partition coefficient (Wildman–Crippen LogP) is 3.15. The molecule has 1 aliphatic heterocycles. The molecule has 0 bridgehead atoms. The Labute approximate surface area is 158 Å². The first-order valence-electron chi connectivity index (χ1n) is 9.03. The van der Waals surface area contributed by atoms with Crippen molar-refractivity contribution in [2.45, 2.75) is 0 Å². The summed E-state index contributed by atoms with van der Waals surface area (Å²) in [5.74, 6) is 1.60. The first-order chi connectivity index (χ1) is 13.2. The maximum absolute atomic E-state index is 12.9. The lowest BCUT2D eigenvalue weighted by atomic mass is 10.2. The number of hydrogen-bond acceptors (Lipinski definition) is 4. The van der Waals surface area contributed by atoms with E-state index in [4.69, 9.17) is 9.47 Å². The summed E-state index contributed by atoms with van der Waals surface area (Å²) in [7, 11) is 3.30. The number of anilines is 1. The van der Waals surface area contributed by atoms with Gasteiger partial charge in [0.25, 0.3) is 5.91 Å². The molecule has 6 heteroatoms. The molecule has 1 aromatic heterocycles. The van der Waals surface area contributed by atoms with Crippen molar-refractivity contribution >= 4 is 22.5 Å². The molecule has 1 aliphatic rings. The minimum absolute atomic E-state index is 0.0487. The van der Waals surface area contributed by atoms with E-state index >= 15 is 0 Å². The van der Waals surface area contributed by atoms with Crippen molar-refractivity contribution in [3.05, 3.63) is 54.2 Å². The van der Waals surface area contributed by atoms with Crippen LogP contribution in [0.2, 0.25) is 0 Å². The van der Waals surface area contributed by atoms with E-state index < -0.39 is 0 Å². The number of rotatable bonds is 4. The van der Waals surface area contributed by atoms with Crippen molar-refractivity contribution in [1.82, 2.24) is 9.88 Å². The number of amides is 1. The molecule has 0 radical (unpaired) electrons. The van der Waals surface area contributed by atoms with Gasteiger partial charge in [-0.2, -0.15) is 0 Å². The number of ether oxygens (including phenoxy) is 2. The number of piperazine rings is 1. The number of nitrogens with one attached hydrogen (secondary N) is 1. The lowest BCUT2D eigenvalue weighted by Crippen LogP contribution is -2.49. The third-order valence-electron chi connectivity index (χ3n) is 5.05. The predicted molar refractivity (Wildman–Crippen MR) is 106 cm³/mol. The summed E-state index contributed by atoms with van der Waals surface area (Å²) >= 11 is 0. The lowest BCUT2D eigenvalue weighted by Gasteiger charge is -2.36. The molecule has 0 spiro atoms. The molecule has 0 saturated carbocycles. The highest BCUT2D eigenvalue weighted by molar-refractivity contribution is 5.98. The maximum atomic E-state index is 12.9. The van der Waals surface area contributed by atoms with Crippen LogP contribution in [0.3, 0.4) is 0 Å². The Morgan fingerprint density at radius 2 is 1.74 bits per heavy atom. The molecule has 4 rings (SSSR count). The zero-order chi connectivity index (χ0) is 18.8. The zero-order valence-corrected chi connectivity index (χ0v) is 15.6. The van der Waals surface area contributed by atoms with Gasteiger partial charge in [0.2, 0.25) is 0 Å². The van der Waals surface area contributed by atoms with Crippen LogP contribution >= 0.6 is 0 Å². The molecule has 1 fully saturated rings. The number of benzene rings is 2. The van der Waals surface area contributed by atoms with Gasteiger partial charge in [-0.25, -0.2) is 0 Å². The van der Waals surface area contributed by atoms with E-state index in [0.717, 1.165) is 41.2 Å². The van der Waals surface area contributed by atoms with E-state index in [2.05, 4.69) is 9.88 Å². The minimum atomic E-state index is 0.0487. The Hall–Kier alpha value is -3.15. The number of H-pyrrole nitrogens is 1. The van der Waals surface area contributed by atoms with Gasteiger partial charge in [0, 0.05) is 43.1 Å². The fourth-order valence-electron chi connectivity index (χ4n) is 3.56. The van der Waals surface area contributed by atoms with E-state index in [1.807, 2.05) is 53.4 Å². The van der Waals surface area contributed by atoms with Gasteiger partial charge in [-0.15, -0.1) is 0 Å². The number of nitrogens with zero attached hydrogens (tertiary/aromatic N) is 2. The van der Waals surface area contributed by atoms with Crippen LogP contribution in [0.4, 0.5) is 5.69 Å². The van der Waals surface area contributed by atoms with Gasteiger partial charge in [0.05, 0.1) is 19.9 Å². The summed E-state index contributed by atoms with van der Waals surface area (Å²) in [5.41, 5.74) is 2.66. The topological polar surface area (TPSA) is 57.8 Å². The van der Waals surface area contributed by atoms with Crippen LogP contribution in [-0.4, -0.2) is 56.2 Å². The molecule has 27 heavy (non-hydrogen) atoms. The van der Waals surface area contributed by atoms with Gasteiger partial charge >= 0.3 is 0 Å². The molecule has 0 unspecified atom stereocenters. The second-order valence-electron chi connectivity index (χ2n) is 6.59. The summed E-state index contributed by atoms with van der Waals surface area (Å²) in [6.45, 7) is 2.86. The molecule has 1 amide bonds.